The molecule has 0 radical (unpaired) electrons. The summed E-state index contributed by atoms with van der Waals surface area (Å²) in [6.07, 6.45) is 0. The molecule has 1 aliphatic heterocycles. The van der Waals surface area contributed by atoms with Gasteiger partial charge in [-0.15, -0.1) is 0 Å². The average Bonchev–Trinajstić information content (AvgIpc) is 2.48. The lowest BCUT2D eigenvalue weighted by Crippen LogP contribution is -2.41. The summed E-state index contributed by atoms with van der Waals surface area (Å²) in [6, 6.07) is 5.29. The normalized spacial score (nSPS) is 20.7. The van der Waals surface area contributed by atoms with E-state index in [2.05, 4.69) is 11.1 Å². The number of nitrogens with two attached hydrogens (primary N) is 1. The summed E-state index contributed by atoms with van der Waals surface area (Å²) in [6.45, 7) is 7.80. The van der Waals surface area contributed by atoms with Gasteiger partial charge in [0, 0.05) is 0 Å². The summed E-state index contributed by atoms with van der Waals surface area (Å²) in [5.74, 6) is 0.346. The van der Waals surface area contributed by atoms with Crippen LogP contribution in [0.25, 0.3) is 0 Å². The van der Waals surface area contributed by atoms with E-state index in [9.17, 15) is 0 Å². The molecule has 0 spiro atoms. The molecule has 0 saturated carbocycles. The topological polar surface area (TPSA) is 81.2 Å². The SMILES string of the molecule is CC1(C)OB(c2nc(N)ccc2C#N)OC1(C)C. The standard InChI is InChI=1S/C12H16BN3O2/c1-11(2)12(3,4)18-13(17-11)10-8(7-14)5-6-9(15)16-10/h5-6H,1-4H3,(H2,15,16). The molecule has 1 saturated heterocycles. The molecule has 94 valence electrons. The second-order valence-corrected chi connectivity index (χ2v) is 5.37. The highest BCUT2D eigenvalue weighted by Crippen LogP contribution is 2.36. The fourth-order valence-corrected chi connectivity index (χ4v) is 1.72. The first-order valence-corrected chi connectivity index (χ1v) is 5.79. The second kappa shape index (κ2) is 3.97. The molecular formula is C12H16BN3O2. The number of hydrogen-bond donors (Lipinski definition) is 1. The van der Waals surface area contributed by atoms with E-state index in [0.717, 1.165) is 0 Å². The number of nitriles is 1. The Morgan fingerprint density at radius 2 is 1.78 bits per heavy atom. The monoisotopic (exact) mass is 245 g/mol. The third kappa shape index (κ3) is 1.96. The molecule has 0 unspecified atom stereocenters. The van der Waals surface area contributed by atoms with Crippen molar-refractivity contribution in [1.82, 2.24) is 4.98 Å². The highest BCUT2D eigenvalue weighted by atomic mass is 16.7. The Balaban J connectivity index is 2.41. The fourth-order valence-electron chi connectivity index (χ4n) is 1.72. The zero-order valence-electron chi connectivity index (χ0n) is 11.0. The molecule has 5 nitrogen and oxygen atoms in total. The lowest BCUT2D eigenvalue weighted by Gasteiger charge is -2.32. The Labute approximate surface area is 107 Å². The molecule has 0 amide bonds. The van der Waals surface area contributed by atoms with Crippen LogP contribution in [-0.4, -0.2) is 23.3 Å². The first-order chi connectivity index (χ1) is 8.27. The summed E-state index contributed by atoms with van der Waals surface area (Å²) in [5.41, 5.74) is 5.59. The number of rotatable bonds is 1. The number of hydrogen-bond acceptors (Lipinski definition) is 5. The molecule has 2 rings (SSSR count). The zero-order valence-corrected chi connectivity index (χ0v) is 11.0. The maximum Gasteiger partial charge on any atom is 0.516 e. The third-order valence-corrected chi connectivity index (χ3v) is 3.54. The van der Waals surface area contributed by atoms with Crippen molar-refractivity contribution >= 4 is 18.5 Å². The Bertz CT molecular complexity index is 507. The molecule has 0 atom stereocenters. The Morgan fingerprint density at radius 3 is 2.28 bits per heavy atom. The van der Waals surface area contributed by atoms with Gasteiger partial charge >= 0.3 is 7.12 Å². The number of aromatic nitrogens is 1. The van der Waals surface area contributed by atoms with Crippen LogP contribution in [0.15, 0.2) is 12.1 Å². The molecule has 1 aromatic heterocycles. The van der Waals surface area contributed by atoms with Crippen molar-refractivity contribution in [3.63, 3.8) is 0 Å². The van der Waals surface area contributed by atoms with Crippen LogP contribution in [0.3, 0.4) is 0 Å². The number of anilines is 1. The van der Waals surface area contributed by atoms with Crippen LogP contribution in [0.4, 0.5) is 5.82 Å². The van der Waals surface area contributed by atoms with Crippen LogP contribution < -0.4 is 11.3 Å². The maximum atomic E-state index is 9.09. The van der Waals surface area contributed by atoms with Crippen molar-refractivity contribution < 1.29 is 9.31 Å². The quantitative estimate of drug-likeness (QED) is 0.741. The van der Waals surface area contributed by atoms with E-state index in [4.69, 9.17) is 20.3 Å². The van der Waals surface area contributed by atoms with Gasteiger partial charge in [0.05, 0.1) is 22.4 Å². The number of pyridine rings is 1. The van der Waals surface area contributed by atoms with Crippen LogP contribution in [-0.2, 0) is 9.31 Å². The first kappa shape index (κ1) is 12.9. The molecule has 0 aliphatic carbocycles. The van der Waals surface area contributed by atoms with Gasteiger partial charge in [-0.3, -0.25) is 0 Å². The van der Waals surface area contributed by atoms with Gasteiger partial charge in [-0.2, -0.15) is 5.26 Å². The van der Waals surface area contributed by atoms with Gasteiger partial charge in [-0.25, -0.2) is 4.98 Å². The zero-order chi connectivity index (χ0) is 13.6. The Hall–Kier alpha value is -1.58. The van der Waals surface area contributed by atoms with E-state index in [-0.39, 0.29) is 0 Å². The van der Waals surface area contributed by atoms with E-state index in [0.29, 0.717) is 17.0 Å². The van der Waals surface area contributed by atoms with E-state index in [1.807, 2.05) is 27.7 Å². The Kier molecular flexibility index (Phi) is 2.84. The van der Waals surface area contributed by atoms with Gasteiger partial charge in [-0.05, 0) is 39.8 Å². The van der Waals surface area contributed by atoms with E-state index >= 15 is 0 Å². The van der Waals surface area contributed by atoms with Crippen LogP contribution in [0.1, 0.15) is 33.3 Å². The predicted octanol–water partition coefficient (Wildman–Crippen LogP) is 0.835. The van der Waals surface area contributed by atoms with Crippen molar-refractivity contribution in [2.45, 2.75) is 38.9 Å². The summed E-state index contributed by atoms with van der Waals surface area (Å²) >= 11 is 0. The number of nitrogen functional groups attached to an aromatic ring is 1. The molecule has 0 aromatic carbocycles. The van der Waals surface area contributed by atoms with Crippen LogP contribution in [0.2, 0.25) is 0 Å². The highest BCUT2D eigenvalue weighted by Gasteiger charge is 2.53. The molecule has 2 N–H and O–H groups in total. The van der Waals surface area contributed by atoms with Crippen molar-refractivity contribution in [2.24, 2.45) is 0 Å². The van der Waals surface area contributed by atoms with Crippen LogP contribution in [0.5, 0.6) is 0 Å². The van der Waals surface area contributed by atoms with Gasteiger partial charge in [0.2, 0.25) is 0 Å². The fraction of sp³-hybridized carbons (Fsp3) is 0.500. The lowest BCUT2D eigenvalue weighted by atomic mass is 9.81. The molecule has 18 heavy (non-hydrogen) atoms. The van der Waals surface area contributed by atoms with Crippen molar-refractivity contribution in [2.75, 3.05) is 5.73 Å². The predicted molar refractivity (Wildman–Crippen MR) is 69.1 cm³/mol. The molecule has 1 aliphatic rings. The van der Waals surface area contributed by atoms with Crippen molar-refractivity contribution in [3.05, 3.63) is 17.7 Å². The van der Waals surface area contributed by atoms with Gasteiger partial charge in [0.1, 0.15) is 11.9 Å². The summed E-state index contributed by atoms with van der Waals surface area (Å²) < 4.78 is 11.7. The van der Waals surface area contributed by atoms with Gasteiger partial charge in [0.15, 0.2) is 0 Å². The maximum absolute atomic E-state index is 9.09. The summed E-state index contributed by atoms with van der Waals surface area (Å²) in [4.78, 5) is 4.16. The minimum atomic E-state index is -0.659. The van der Waals surface area contributed by atoms with Crippen molar-refractivity contribution in [1.29, 1.82) is 5.26 Å². The second-order valence-electron chi connectivity index (χ2n) is 5.37. The lowest BCUT2D eigenvalue weighted by molar-refractivity contribution is 0.00578. The smallest absolute Gasteiger partial charge is 0.398 e. The first-order valence-electron chi connectivity index (χ1n) is 5.79. The molecule has 1 fully saturated rings. The number of nitrogens with zero attached hydrogens (tertiary/aromatic N) is 2. The molecule has 0 bridgehead atoms. The summed E-state index contributed by atoms with van der Waals surface area (Å²) in [7, 11) is -0.659. The molecule has 6 heteroatoms. The molecular weight excluding hydrogens is 229 g/mol. The van der Waals surface area contributed by atoms with Gasteiger partial charge in [0.25, 0.3) is 0 Å². The minimum Gasteiger partial charge on any atom is -0.398 e. The molecule has 2 heterocycles. The van der Waals surface area contributed by atoms with Gasteiger partial charge < -0.3 is 15.0 Å². The van der Waals surface area contributed by atoms with Gasteiger partial charge in [-0.1, -0.05) is 0 Å². The minimum absolute atomic E-state index is 0.346. The van der Waals surface area contributed by atoms with E-state index < -0.39 is 18.3 Å². The van der Waals surface area contributed by atoms with Crippen LogP contribution in [0, 0.1) is 11.3 Å². The highest BCUT2D eigenvalue weighted by molar-refractivity contribution is 6.61. The van der Waals surface area contributed by atoms with Crippen LogP contribution >= 0.6 is 0 Å². The average molecular weight is 245 g/mol. The Morgan fingerprint density at radius 1 is 1.22 bits per heavy atom. The van der Waals surface area contributed by atoms with E-state index in [1.165, 1.54) is 0 Å². The molecule has 1 aromatic rings. The largest absolute Gasteiger partial charge is 0.516 e. The third-order valence-electron chi connectivity index (χ3n) is 3.54. The van der Waals surface area contributed by atoms with E-state index in [1.54, 1.807) is 12.1 Å². The summed E-state index contributed by atoms with van der Waals surface area (Å²) in [5, 5.41) is 9.09. The van der Waals surface area contributed by atoms with Crippen molar-refractivity contribution in [3.8, 4) is 6.07 Å².